The van der Waals surface area contributed by atoms with E-state index in [-0.39, 0.29) is 13.7 Å². The molecule has 2 aromatic rings. The lowest BCUT2D eigenvalue weighted by Crippen LogP contribution is -2.36. The first-order valence-corrected chi connectivity index (χ1v) is 8.18. The van der Waals surface area contributed by atoms with Gasteiger partial charge in [0.15, 0.2) is 0 Å². The van der Waals surface area contributed by atoms with Gasteiger partial charge in [-0.25, -0.2) is 13.6 Å². The molecule has 5 nitrogen and oxygen atoms in total. The molecule has 4 rings (SSSR count). The van der Waals surface area contributed by atoms with Crippen LogP contribution >= 0.6 is 0 Å². The highest BCUT2D eigenvalue weighted by molar-refractivity contribution is 5.53. The van der Waals surface area contributed by atoms with Crippen molar-refractivity contribution in [3.05, 3.63) is 51.9 Å². The average Bonchev–Trinajstić information content (AvgIpc) is 2.94. The van der Waals surface area contributed by atoms with Gasteiger partial charge in [0.2, 0.25) is 0 Å². The molecule has 1 atom stereocenters. The van der Waals surface area contributed by atoms with Gasteiger partial charge in [-0.05, 0) is 25.3 Å². The Hall–Kier alpha value is -2.44. The number of nitrogens with zero attached hydrogens (tertiary/aromatic N) is 3. The minimum Gasteiger partial charge on any atom is -0.366 e. The van der Waals surface area contributed by atoms with E-state index in [1.165, 1.54) is 18.6 Å². The molecule has 1 aromatic carbocycles. The molecule has 7 heteroatoms. The molecule has 0 bridgehead atoms. The summed E-state index contributed by atoms with van der Waals surface area (Å²) < 4.78 is 28.4. The van der Waals surface area contributed by atoms with Crippen molar-refractivity contribution in [2.24, 2.45) is 0 Å². The Morgan fingerprint density at radius 2 is 2.17 bits per heavy atom. The summed E-state index contributed by atoms with van der Waals surface area (Å²) in [5.41, 5.74) is 0.0404. The first-order chi connectivity index (χ1) is 11.6. The lowest BCUT2D eigenvalue weighted by atomic mass is 10.0. The highest BCUT2D eigenvalue weighted by atomic mass is 19.1. The summed E-state index contributed by atoms with van der Waals surface area (Å²) in [6.07, 6.45) is 3.40. The molecule has 0 radical (unpaired) electrons. The van der Waals surface area contributed by atoms with E-state index < -0.39 is 11.6 Å². The third-order valence-corrected chi connectivity index (χ3v) is 4.78. The Morgan fingerprint density at radius 1 is 1.29 bits per heavy atom. The van der Waals surface area contributed by atoms with Gasteiger partial charge in [-0.3, -0.25) is 4.57 Å². The van der Waals surface area contributed by atoms with Gasteiger partial charge in [0.05, 0.1) is 0 Å². The monoisotopic (exact) mass is 334 g/mol. The molecule has 0 amide bonds. The smallest absolute Gasteiger partial charge is 0.351 e. The van der Waals surface area contributed by atoms with Gasteiger partial charge in [0.1, 0.15) is 23.3 Å². The summed E-state index contributed by atoms with van der Waals surface area (Å²) in [7, 11) is 0. The molecular weight excluding hydrogens is 314 g/mol. The Morgan fingerprint density at radius 3 is 3.00 bits per heavy atom. The van der Waals surface area contributed by atoms with Gasteiger partial charge in [-0.1, -0.05) is 6.07 Å². The van der Waals surface area contributed by atoms with Crippen LogP contribution in [-0.4, -0.2) is 22.1 Å². The van der Waals surface area contributed by atoms with Crippen LogP contribution in [0.5, 0.6) is 0 Å². The molecule has 2 aliphatic rings. The van der Waals surface area contributed by atoms with Gasteiger partial charge in [0.25, 0.3) is 0 Å². The summed E-state index contributed by atoms with van der Waals surface area (Å²) in [6.45, 7) is 1.78. The van der Waals surface area contributed by atoms with Crippen LogP contribution in [0.25, 0.3) is 0 Å². The molecule has 2 aliphatic heterocycles. The van der Waals surface area contributed by atoms with E-state index in [0.717, 1.165) is 31.3 Å². The Bertz CT molecular complexity index is 842. The van der Waals surface area contributed by atoms with Crippen molar-refractivity contribution >= 4 is 11.6 Å². The van der Waals surface area contributed by atoms with E-state index in [1.807, 2.05) is 6.07 Å². The standard InChI is InChI=1S/C17H18F2N4O.H2/c18-12-5-4-11(14(19)7-12)9-20-15-8-16-22-6-2-1-3-13(22)10-23(16)17(24)21-15;/h4-5,7-8,13H,1-3,6,9-10H2,(H,20,21,24);1H/t13-;/m0./s1. The average molecular weight is 334 g/mol. The van der Waals surface area contributed by atoms with Crippen LogP contribution in [0.3, 0.4) is 0 Å². The third kappa shape index (κ3) is 2.64. The van der Waals surface area contributed by atoms with Crippen molar-refractivity contribution in [3.63, 3.8) is 0 Å². The number of nitrogens with one attached hydrogen (secondary N) is 1. The predicted octanol–water partition coefficient (Wildman–Crippen LogP) is 2.75. The number of halogens is 2. The molecule has 24 heavy (non-hydrogen) atoms. The van der Waals surface area contributed by atoms with Gasteiger partial charge in [0, 0.05) is 44.8 Å². The van der Waals surface area contributed by atoms with Crippen molar-refractivity contribution in [1.82, 2.24) is 9.55 Å². The van der Waals surface area contributed by atoms with Crippen LogP contribution in [0.15, 0.2) is 29.1 Å². The largest absolute Gasteiger partial charge is 0.366 e. The summed E-state index contributed by atoms with van der Waals surface area (Å²) >= 11 is 0. The van der Waals surface area contributed by atoms with E-state index in [2.05, 4.69) is 15.2 Å². The quantitative estimate of drug-likeness (QED) is 0.938. The summed E-state index contributed by atoms with van der Waals surface area (Å²) in [5, 5.41) is 2.97. The van der Waals surface area contributed by atoms with E-state index in [0.29, 0.717) is 24.0 Å². The lowest BCUT2D eigenvalue weighted by Gasteiger charge is -2.30. The summed E-state index contributed by atoms with van der Waals surface area (Å²) in [4.78, 5) is 18.6. The van der Waals surface area contributed by atoms with E-state index >= 15 is 0 Å². The third-order valence-electron chi connectivity index (χ3n) is 4.78. The Balaban J connectivity index is 0.00000182. The molecule has 0 spiro atoms. The number of piperidine rings is 1. The first kappa shape index (κ1) is 15.1. The van der Waals surface area contributed by atoms with Crippen molar-refractivity contribution in [2.45, 2.75) is 38.4 Å². The molecule has 1 fully saturated rings. The maximum Gasteiger partial charge on any atom is 0.351 e. The molecule has 3 heterocycles. The zero-order valence-electron chi connectivity index (χ0n) is 13.1. The highest BCUT2D eigenvalue weighted by Crippen LogP contribution is 2.31. The van der Waals surface area contributed by atoms with Crippen LogP contribution in [0.2, 0.25) is 0 Å². The molecule has 0 saturated carbocycles. The fourth-order valence-corrected chi connectivity index (χ4v) is 3.55. The molecule has 0 unspecified atom stereocenters. The molecular formula is C17H20F2N4O. The fourth-order valence-electron chi connectivity index (χ4n) is 3.55. The normalized spacial score (nSPS) is 19.1. The van der Waals surface area contributed by atoms with E-state index in [9.17, 15) is 13.6 Å². The second-order valence-corrected chi connectivity index (χ2v) is 6.33. The van der Waals surface area contributed by atoms with Crippen LogP contribution < -0.4 is 15.9 Å². The van der Waals surface area contributed by atoms with Gasteiger partial charge >= 0.3 is 5.69 Å². The Kier molecular flexibility index (Phi) is 3.70. The molecule has 0 aliphatic carbocycles. The number of fused-ring (bicyclic) bond motifs is 3. The molecule has 1 saturated heterocycles. The summed E-state index contributed by atoms with van der Waals surface area (Å²) in [6, 6.07) is 5.66. The van der Waals surface area contributed by atoms with Crippen molar-refractivity contribution in [3.8, 4) is 0 Å². The number of hydrogen-bond donors (Lipinski definition) is 1. The zero-order chi connectivity index (χ0) is 16.7. The van der Waals surface area contributed by atoms with Crippen LogP contribution in [0.4, 0.5) is 20.4 Å². The molecule has 1 N–H and O–H groups in total. The van der Waals surface area contributed by atoms with Gasteiger partial charge in [-0.2, -0.15) is 4.98 Å². The van der Waals surface area contributed by atoms with Gasteiger partial charge < -0.3 is 10.2 Å². The molecule has 1 aromatic heterocycles. The SMILES string of the molecule is O=c1nc(NCc2ccc(F)cc2F)cc2n1C[C@@H]1CCCCN21.[HH]. The number of rotatable bonds is 3. The van der Waals surface area contributed by atoms with Crippen LogP contribution in [0, 0.1) is 11.6 Å². The Labute approximate surface area is 139 Å². The maximum atomic E-state index is 13.7. The van der Waals surface area contributed by atoms with Crippen molar-refractivity contribution < 1.29 is 10.2 Å². The molecule has 128 valence electrons. The number of hydrogen-bond acceptors (Lipinski definition) is 4. The minimum absolute atomic E-state index is 0. The van der Waals surface area contributed by atoms with Crippen molar-refractivity contribution in [2.75, 3.05) is 16.8 Å². The maximum absolute atomic E-state index is 13.7. The van der Waals surface area contributed by atoms with Gasteiger partial charge in [-0.15, -0.1) is 0 Å². The lowest BCUT2D eigenvalue weighted by molar-refractivity contribution is 0.458. The van der Waals surface area contributed by atoms with Crippen LogP contribution in [0.1, 0.15) is 26.3 Å². The number of aromatic nitrogens is 2. The second kappa shape index (κ2) is 5.89. The fraction of sp³-hybridized carbons (Fsp3) is 0.412. The predicted molar refractivity (Wildman–Crippen MR) is 89.3 cm³/mol. The summed E-state index contributed by atoms with van der Waals surface area (Å²) in [5.74, 6) is 0.0701. The zero-order valence-corrected chi connectivity index (χ0v) is 13.1. The van der Waals surface area contributed by atoms with Crippen molar-refractivity contribution in [1.29, 1.82) is 0 Å². The number of anilines is 2. The highest BCUT2D eigenvalue weighted by Gasteiger charge is 2.32. The van der Waals surface area contributed by atoms with E-state index in [4.69, 9.17) is 0 Å². The number of benzene rings is 1. The second-order valence-electron chi connectivity index (χ2n) is 6.33. The van der Waals surface area contributed by atoms with Crippen LogP contribution in [-0.2, 0) is 13.1 Å². The topological polar surface area (TPSA) is 50.2 Å². The first-order valence-electron chi connectivity index (χ1n) is 8.18. The van der Waals surface area contributed by atoms with E-state index in [1.54, 1.807) is 4.57 Å². The minimum atomic E-state index is -0.614.